The molecular formula is C11H18N2O2. The molecule has 1 saturated heterocycles. The van der Waals surface area contributed by atoms with Gasteiger partial charge >= 0.3 is 5.97 Å². The van der Waals surface area contributed by atoms with Gasteiger partial charge in [-0.3, -0.25) is 4.79 Å². The van der Waals surface area contributed by atoms with Crippen molar-refractivity contribution < 1.29 is 9.53 Å². The topological polar surface area (TPSA) is 64.3 Å². The fraction of sp³-hybridized carbons (Fsp3) is 0.727. The second-order valence-corrected chi connectivity index (χ2v) is 4.32. The molecule has 2 rings (SSSR count). The summed E-state index contributed by atoms with van der Waals surface area (Å²) in [6.07, 6.45) is 4.87. The third-order valence-electron chi connectivity index (χ3n) is 3.45. The minimum atomic E-state index is -0.443. The van der Waals surface area contributed by atoms with Crippen molar-refractivity contribution in [2.75, 3.05) is 19.7 Å². The lowest BCUT2D eigenvalue weighted by atomic mass is 9.71. The number of esters is 1. The molecule has 15 heavy (non-hydrogen) atoms. The Balaban J connectivity index is 2.18. The van der Waals surface area contributed by atoms with Crippen molar-refractivity contribution in [3.63, 3.8) is 0 Å². The van der Waals surface area contributed by atoms with Crippen LogP contribution in [0.5, 0.6) is 0 Å². The van der Waals surface area contributed by atoms with Crippen molar-refractivity contribution in [2.45, 2.75) is 18.9 Å². The molecule has 84 valence electrons. The van der Waals surface area contributed by atoms with E-state index < -0.39 is 5.54 Å². The SMILES string of the molecule is CCOC(=O)C1CC=CC2CNCC21N. The predicted octanol–water partition coefficient (Wildman–Crippen LogP) is 0.0425. The minimum Gasteiger partial charge on any atom is -0.466 e. The molecule has 2 aliphatic rings. The van der Waals surface area contributed by atoms with Crippen molar-refractivity contribution in [1.29, 1.82) is 0 Å². The van der Waals surface area contributed by atoms with Crippen LogP contribution in [0, 0.1) is 11.8 Å². The first kappa shape index (κ1) is 10.6. The Kier molecular flexibility index (Phi) is 2.80. The molecule has 1 aliphatic carbocycles. The van der Waals surface area contributed by atoms with Gasteiger partial charge in [-0.05, 0) is 13.3 Å². The Morgan fingerprint density at radius 1 is 1.73 bits per heavy atom. The van der Waals surface area contributed by atoms with Crippen molar-refractivity contribution in [1.82, 2.24) is 5.32 Å². The monoisotopic (exact) mass is 210 g/mol. The van der Waals surface area contributed by atoms with Crippen LogP contribution in [0.3, 0.4) is 0 Å². The van der Waals surface area contributed by atoms with Crippen LogP contribution in [0.15, 0.2) is 12.2 Å². The number of nitrogens with two attached hydrogens (primary N) is 1. The summed E-state index contributed by atoms with van der Waals surface area (Å²) in [5, 5.41) is 3.25. The van der Waals surface area contributed by atoms with Gasteiger partial charge in [-0.1, -0.05) is 12.2 Å². The van der Waals surface area contributed by atoms with Gasteiger partial charge in [0.15, 0.2) is 0 Å². The van der Waals surface area contributed by atoms with E-state index in [9.17, 15) is 4.79 Å². The molecule has 3 atom stereocenters. The van der Waals surface area contributed by atoms with Gasteiger partial charge in [0.25, 0.3) is 0 Å². The maximum Gasteiger partial charge on any atom is 0.311 e. The van der Waals surface area contributed by atoms with Gasteiger partial charge in [0.2, 0.25) is 0 Å². The standard InChI is InChI=1S/C11H18N2O2/c1-2-15-10(14)9-5-3-4-8-6-13-7-11(8,9)12/h3-4,8-9,13H,2,5-7,12H2,1H3. The first-order valence-corrected chi connectivity index (χ1v) is 5.51. The first-order valence-electron chi connectivity index (χ1n) is 5.51. The summed E-state index contributed by atoms with van der Waals surface area (Å²) in [6.45, 7) is 3.81. The fourth-order valence-electron chi connectivity index (χ4n) is 2.55. The van der Waals surface area contributed by atoms with Crippen molar-refractivity contribution in [3.8, 4) is 0 Å². The Morgan fingerprint density at radius 3 is 3.27 bits per heavy atom. The highest BCUT2D eigenvalue weighted by Gasteiger charge is 2.49. The Hall–Kier alpha value is -0.870. The van der Waals surface area contributed by atoms with E-state index in [0.29, 0.717) is 19.6 Å². The number of carbonyl (C=O) groups is 1. The average Bonchev–Trinajstić information content (AvgIpc) is 2.58. The summed E-state index contributed by atoms with van der Waals surface area (Å²) >= 11 is 0. The summed E-state index contributed by atoms with van der Waals surface area (Å²) < 4.78 is 5.07. The number of hydrogen-bond acceptors (Lipinski definition) is 4. The van der Waals surface area contributed by atoms with Gasteiger partial charge in [-0.25, -0.2) is 0 Å². The van der Waals surface area contributed by atoms with Gasteiger partial charge in [-0.2, -0.15) is 0 Å². The van der Waals surface area contributed by atoms with E-state index in [2.05, 4.69) is 11.4 Å². The van der Waals surface area contributed by atoms with Crippen LogP contribution >= 0.6 is 0 Å². The lowest BCUT2D eigenvalue weighted by Crippen LogP contribution is -2.57. The molecule has 1 fully saturated rings. The maximum absolute atomic E-state index is 11.8. The largest absolute Gasteiger partial charge is 0.466 e. The molecule has 1 heterocycles. The highest BCUT2D eigenvalue weighted by molar-refractivity contribution is 5.75. The lowest BCUT2D eigenvalue weighted by Gasteiger charge is -2.37. The van der Waals surface area contributed by atoms with E-state index in [0.717, 1.165) is 6.54 Å². The van der Waals surface area contributed by atoms with Crippen LogP contribution in [-0.2, 0) is 9.53 Å². The van der Waals surface area contributed by atoms with Crippen LogP contribution in [0.25, 0.3) is 0 Å². The minimum absolute atomic E-state index is 0.155. The van der Waals surface area contributed by atoms with Crippen LogP contribution in [0.1, 0.15) is 13.3 Å². The van der Waals surface area contributed by atoms with Crippen molar-refractivity contribution in [3.05, 3.63) is 12.2 Å². The van der Waals surface area contributed by atoms with Crippen LogP contribution < -0.4 is 11.1 Å². The van der Waals surface area contributed by atoms with Gasteiger partial charge in [0.05, 0.1) is 12.5 Å². The number of ether oxygens (including phenoxy) is 1. The number of rotatable bonds is 2. The average molecular weight is 210 g/mol. The molecule has 4 nitrogen and oxygen atoms in total. The lowest BCUT2D eigenvalue weighted by molar-refractivity contribution is -0.150. The highest BCUT2D eigenvalue weighted by atomic mass is 16.5. The van der Waals surface area contributed by atoms with E-state index in [1.165, 1.54) is 0 Å². The Morgan fingerprint density at radius 2 is 2.53 bits per heavy atom. The van der Waals surface area contributed by atoms with E-state index >= 15 is 0 Å². The van der Waals surface area contributed by atoms with Crippen molar-refractivity contribution in [2.24, 2.45) is 17.6 Å². The quantitative estimate of drug-likeness (QED) is 0.499. The zero-order valence-corrected chi connectivity index (χ0v) is 9.03. The smallest absolute Gasteiger partial charge is 0.311 e. The van der Waals surface area contributed by atoms with E-state index in [1.807, 2.05) is 13.0 Å². The van der Waals surface area contributed by atoms with Crippen LogP contribution in [0.2, 0.25) is 0 Å². The number of nitrogens with one attached hydrogen (secondary N) is 1. The molecule has 0 radical (unpaired) electrons. The maximum atomic E-state index is 11.8. The van der Waals surface area contributed by atoms with E-state index in [4.69, 9.17) is 10.5 Å². The van der Waals surface area contributed by atoms with Crippen LogP contribution in [-0.4, -0.2) is 31.2 Å². The summed E-state index contributed by atoms with van der Waals surface area (Å²) in [5.41, 5.74) is 5.88. The van der Waals surface area contributed by atoms with Gasteiger partial charge in [-0.15, -0.1) is 0 Å². The van der Waals surface area contributed by atoms with Gasteiger partial charge in [0, 0.05) is 24.5 Å². The molecule has 0 aromatic rings. The number of allylic oxidation sites excluding steroid dienone is 1. The number of carbonyl (C=O) groups excluding carboxylic acids is 1. The Labute approximate surface area is 89.9 Å². The fourth-order valence-corrected chi connectivity index (χ4v) is 2.55. The molecule has 3 N–H and O–H groups in total. The molecular weight excluding hydrogens is 192 g/mol. The molecule has 1 aliphatic heterocycles. The molecule has 0 spiro atoms. The van der Waals surface area contributed by atoms with E-state index in [1.54, 1.807) is 0 Å². The first-order chi connectivity index (χ1) is 7.18. The molecule has 0 saturated carbocycles. The van der Waals surface area contributed by atoms with E-state index in [-0.39, 0.29) is 17.8 Å². The van der Waals surface area contributed by atoms with Crippen molar-refractivity contribution >= 4 is 5.97 Å². The summed E-state index contributed by atoms with van der Waals surface area (Å²) in [6, 6.07) is 0. The zero-order valence-electron chi connectivity index (χ0n) is 9.03. The summed E-state index contributed by atoms with van der Waals surface area (Å²) in [5.74, 6) is -0.0823. The number of fused-ring (bicyclic) bond motifs is 1. The molecule has 4 heteroatoms. The molecule has 0 aromatic heterocycles. The predicted molar refractivity (Wildman–Crippen MR) is 57.2 cm³/mol. The number of hydrogen-bond donors (Lipinski definition) is 2. The second-order valence-electron chi connectivity index (χ2n) is 4.32. The summed E-state index contributed by atoms with van der Waals surface area (Å²) in [4.78, 5) is 11.8. The summed E-state index contributed by atoms with van der Waals surface area (Å²) in [7, 11) is 0. The third kappa shape index (κ3) is 1.68. The third-order valence-corrected chi connectivity index (χ3v) is 3.45. The van der Waals surface area contributed by atoms with Gasteiger partial charge < -0.3 is 15.8 Å². The Bertz CT molecular complexity index is 290. The zero-order chi connectivity index (χ0) is 10.9. The molecule has 0 aromatic carbocycles. The highest BCUT2D eigenvalue weighted by Crippen LogP contribution is 2.35. The molecule has 0 bridgehead atoms. The van der Waals surface area contributed by atoms with Gasteiger partial charge in [0.1, 0.15) is 0 Å². The van der Waals surface area contributed by atoms with Crippen LogP contribution in [0.4, 0.5) is 0 Å². The molecule has 3 unspecified atom stereocenters. The normalized spacial score (nSPS) is 38.8. The molecule has 0 amide bonds. The second kappa shape index (κ2) is 3.94.